The average molecular weight is 359 g/mol. The second kappa shape index (κ2) is 6.87. The summed E-state index contributed by atoms with van der Waals surface area (Å²) in [5.74, 6) is -0.209. The number of hydrogen-bond acceptors (Lipinski definition) is 4. The number of fused-ring (bicyclic) bond motifs is 1. The molecule has 1 amide bonds. The van der Waals surface area contributed by atoms with Crippen LogP contribution < -0.4 is 10.7 Å². The highest BCUT2D eigenvalue weighted by molar-refractivity contribution is 6.03. The van der Waals surface area contributed by atoms with Gasteiger partial charge in [-0.25, -0.2) is 0 Å². The lowest BCUT2D eigenvalue weighted by atomic mass is 10.2. The van der Waals surface area contributed by atoms with Crippen molar-refractivity contribution in [1.82, 2.24) is 19.6 Å². The molecular weight excluding hydrogens is 342 g/mol. The highest BCUT2D eigenvalue weighted by Gasteiger charge is 2.17. The number of aryl methyl sites for hydroxylation is 1. The summed E-state index contributed by atoms with van der Waals surface area (Å²) < 4.78 is 3.25. The standard InChI is InChI=1S/C20H17N5O2/c1-24-16-10-6-5-9-15(16)19(26)18(23-24)20(27)21-17-11-12-25(22-17)13-14-7-3-2-4-8-14/h2-12H,13H2,1H3,(H,21,22,27). The Balaban J connectivity index is 1.57. The van der Waals surface area contributed by atoms with E-state index in [9.17, 15) is 9.59 Å². The molecule has 2 aromatic carbocycles. The number of hydrogen-bond donors (Lipinski definition) is 1. The molecule has 0 fully saturated rings. The first kappa shape index (κ1) is 16.7. The Morgan fingerprint density at radius 2 is 1.74 bits per heavy atom. The SMILES string of the molecule is Cn1nc(C(=O)Nc2ccn(Cc3ccccc3)n2)c(=O)c2ccccc21. The van der Waals surface area contributed by atoms with E-state index >= 15 is 0 Å². The number of anilines is 1. The van der Waals surface area contributed by atoms with Gasteiger partial charge in [-0.05, 0) is 17.7 Å². The van der Waals surface area contributed by atoms with Gasteiger partial charge in [-0.2, -0.15) is 10.2 Å². The average Bonchev–Trinajstić information content (AvgIpc) is 3.12. The lowest BCUT2D eigenvalue weighted by molar-refractivity contribution is 0.101. The van der Waals surface area contributed by atoms with E-state index in [2.05, 4.69) is 15.5 Å². The molecule has 1 N–H and O–H groups in total. The van der Waals surface area contributed by atoms with Crippen molar-refractivity contribution in [3.8, 4) is 0 Å². The van der Waals surface area contributed by atoms with E-state index in [-0.39, 0.29) is 5.69 Å². The third-order valence-electron chi connectivity index (χ3n) is 4.25. The zero-order chi connectivity index (χ0) is 18.8. The summed E-state index contributed by atoms with van der Waals surface area (Å²) in [6, 6.07) is 18.6. The molecule has 4 aromatic rings. The maximum Gasteiger partial charge on any atom is 0.281 e. The van der Waals surface area contributed by atoms with Gasteiger partial charge in [0.25, 0.3) is 5.91 Å². The number of amides is 1. The molecule has 0 atom stereocenters. The van der Waals surface area contributed by atoms with Crippen molar-refractivity contribution in [3.05, 3.63) is 88.3 Å². The first-order valence-electron chi connectivity index (χ1n) is 8.46. The lowest BCUT2D eigenvalue weighted by Crippen LogP contribution is -2.26. The topological polar surface area (TPSA) is 81.8 Å². The van der Waals surface area contributed by atoms with E-state index in [0.29, 0.717) is 23.3 Å². The van der Waals surface area contributed by atoms with Crippen LogP contribution in [0.5, 0.6) is 0 Å². The molecule has 0 aliphatic heterocycles. The van der Waals surface area contributed by atoms with E-state index in [1.165, 1.54) is 4.68 Å². The number of carbonyl (C=O) groups excluding carboxylic acids is 1. The molecule has 0 spiro atoms. The molecule has 0 saturated heterocycles. The quantitative estimate of drug-likeness (QED) is 0.607. The second-order valence-corrected chi connectivity index (χ2v) is 6.16. The predicted molar refractivity (Wildman–Crippen MR) is 103 cm³/mol. The third kappa shape index (κ3) is 3.35. The molecule has 27 heavy (non-hydrogen) atoms. The van der Waals surface area contributed by atoms with Crippen molar-refractivity contribution >= 4 is 22.6 Å². The third-order valence-corrected chi connectivity index (χ3v) is 4.25. The minimum Gasteiger partial charge on any atom is -0.304 e. The number of benzene rings is 2. The summed E-state index contributed by atoms with van der Waals surface area (Å²) in [5, 5.41) is 11.6. The van der Waals surface area contributed by atoms with Crippen molar-refractivity contribution in [2.45, 2.75) is 6.54 Å². The van der Waals surface area contributed by atoms with Crippen LogP contribution in [0.2, 0.25) is 0 Å². The van der Waals surface area contributed by atoms with Crippen molar-refractivity contribution in [1.29, 1.82) is 0 Å². The fraction of sp³-hybridized carbons (Fsp3) is 0.100. The van der Waals surface area contributed by atoms with Crippen molar-refractivity contribution < 1.29 is 4.79 Å². The first-order valence-corrected chi connectivity index (χ1v) is 8.46. The van der Waals surface area contributed by atoms with Gasteiger partial charge in [0.05, 0.1) is 12.1 Å². The summed E-state index contributed by atoms with van der Waals surface area (Å²) in [6.07, 6.45) is 1.77. The van der Waals surface area contributed by atoms with Crippen LogP contribution in [0.1, 0.15) is 16.1 Å². The Labute approximate surface area is 154 Å². The van der Waals surface area contributed by atoms with Crippen molar-refractivity contribution in [3.63, 3.8) is 0 Å². The van der Waals surface area contributed by atoms with Gasteiger partial charge in [-0.3, -0.25) is 19.0 Å². The minimum atomic E-state index is -0.577. The monoisotopic (exact) mass is 359 g/mol. The Kier molecular flexibility index (Phi) is 4.25. The maximum absolute atomic E-state index is 12.6. The Morgan fingerprint density at radius 1 is 1.00 bits per heavy atom. The fourth-order valence-electron chi connectivity index (χ4n) is 2.94. The number of aromatic nitrogens is 4. The van der Waals surface area contributed by atoms with Crippen LogP contribution >= 0.6 is 0 Å². The van der Waals surface area contributed by atoms with E-state index in [4.69, 9.17) is 0 Å². The maximum atomic E-state index is 12.6. The number of nitrogens with zero attached hydrogens (tertiary/aromatic N) is 4. The van der Waals surface area contributed by atoms with E-state index in [1.807, 2.05) is 36.4 Å². The molecular formula is C20H17N5O2. The molecule has 134 valence electrons. The predicted octanol–water partition coefficient (Wildman–Crippen LogP) is 2.43. The molecule has 0 unspecified atom stereocenters. The summed E-state index contributed by atoms with van der Waals surface area (Å²) in [7, 11) is 1.70. The van der Waals surface area contributed by atoms with Crippen LogP contribution in [0.3, 0.4) is 0 Å². The van der Waals surface area contributed by atoms with Crippen LogP contribution in [0, 0.1) is 0 Å². The number of nitrogens with one attached hydrogen (secondary N) is 1. The molecule has 0 radical (unpaired) electrons. The minimum absolute atomic E-state index is 0.159. The van der Waals surface area contributed by atoms with Crippen LogP contribution in [-0.2, 0) is 13.6 Å². The van der Waals surface area contributed by atoms with E-state index < -0.39 is 11.3 Å². The molecule has 2 aromatic heterocycles. The van der Waals surface area contributed by atoms with Crippen LogP contribution in [0.25, 0.3) is 10.9 Å². The molecule has 0 bridgehead atoms. The molecule has 0 aliphatic rings. The summed E-state index contributed by atoms with van der Waals surface area (Å²) in [4.78, 5) is 25.2. The molecule has 7 nitrogen and oxygen atoms in total. The lowest BCUT2D eigenvalue weighted by Gasteiger charge is -2.07. The van der Waals surface area contributed by atoms with Gasteiger partial charge in [0.2, 0.25) is 5.43 Å². The zero-order valence-corrected chi connectivity index (χ0v) is 14.7. The Hall–Kier alpha value is -3.74. The van der Waals surface area contributed by atoms with Crippen LogP contribution in [0.4, 0.5) is 5.82 Å². The summed E-state index contributed by atoms with van der Waals surface area (Å²) >= 11 is 0. The molecule has 4 rings (SSSR count). The van der Waals surface area contributed by atoms with Gasteiger partial charge in [-0.15, -0.1) is 0 Å². The van der Waals surface area contributed by atoms with Crippen LogP contribution in [-0.4, -0.2) is 25.5 Å². The van der Waals surface area contributed by atoms with Gasteiger partial charge in [0.1, 0.15) is 0 Å². The first-order chi connectivity index (χ1) is 13.1. The number of rotatable bonds is 4. The van der Waals surface area contributed by atoms with Gasteiger partial charge in [0, 0.05) is 24.7 Å². The molecule has 0 saturated carbocycles. The van der Waals surface area contributed by atoms with Gasteiger partial charge >= 0.3 is 0 Å². The van der Waals surface area contributed by atoms with Gasteiger partial charge in [0.15, 0.2) is 11.5 Å². The van der Waals surface area contributed by atoms with Crippen molar-refractivity contribution in [2.75, 3.05) is 5.32 Å². The molecule has 0 aliphatic carbocycles. The van der Waals surface area contributed by atoms with E-state index in [0.717, 1.165) is 5.56 Å². The number of para-hydroxylation sites is 1. The van der Waals surface area contributed by atoms with Gasteiger partial charge in [-0.1, -0.05) is 42.5 Å². The summed E-state index contributed by atoms with van der Waals surface area (Å²) in [5.41, 5.74) is 1.22. The van der Waals surface area contributed by atoms with Crippen LogP contribution in [0.15, 0.2) is 71.7 Å². The zero-order valence-electron chi connectivity index (χ0n) is 14.7. The molecule has 7 heteroatoms. The van der Waals surface area contributed by atoms with Crippen molar-refractivity contribution in [2.24, 2.45) is 7.05 Å². The Morgan fingerprint density at radius 3 is 2.56 bits per heavy atom. The highest BCUT2D eigenvalue weighted by atomic mass is 16.2. The fourth-order valence-corrected chi connectivity index (χ4v) is 2.94. The number of carbonyl (C=O) groups is 1. The smallest absolute Gasteiger partial charge is 0.281 e. The largest absolute Gasteiger partial charge is 0.304 e. The van der Waals surface area contributed by atoms with E-state index in [1.54, 1.807) is 42.2 Å². The normalized spacial score (nSPS) is 10.9. The second-order valence-electron chi connectivity index (χ2n) is 6.16. The summed E-state index contributed by atoms with van der Waals surface area (Å²) in [6.45, 7) is 0.590. The molecule has 2 heterocycles. The highest BCUT2D eigenvalue weighted by Crippen LogP contribution is 2.10. The van der Waals surface area contributed by atoms with Gasteiger partial charge < -0.3 is 5.32 Å². The Bertz CT molecular complexity index is 1180.